The van der Waals surface area contributed by atoms with E-state index in [2.05, 4.69) is 20.4 Å². The quantitative estimate of drug-likeness (QED) is 0.738. The number of likely N-dealkylation sites (tertiary alicyclic amines) is 1. The van der Waals surface area contributed by atoms with E-state index in [1.807, 2.05) is 0 Å². The number of nitrogens with zero attached hydrogens (tertiary/aromatic N) is 2. The predicted octanol–water partition coefficient (Wildman–Crippen LogP) is 0.594. The van der Waals surface area contributed by atoms with E-state index in [9.17, 15) is 14.4 Å². The molecule has 7 heteroatoms. The summed E-state index contributed by atoms with van der Waals surface area (Å²) in [5.74, 6) is 0.0318. The van der Waals surface area contributed by atoms with Crippen molar-refractivity contribution < 1.29 is 14.4 Å². The molecule has 0 aromatic carbocycles. The van der Waals surface area contributed by atoms with Gasteiger partial charge in [-0.3, -0.25) is 19.8 Å². The number of carbonyl (C=O) groups is 3. The molecule has 2 heterocycles. The second kappa shape index (κ2) is 6.02. The minimum atomic E-state index is -0.752. The van der Waals surface area contributed by atoms with Crippen molar-refractivity contribution in [2.75, 3.05) is 19.6 Å². The summed E-state index contributed by atoms with van der Waals surface area (Å²) in [6, 6.07) is 0.517. The molecule has 2 saturated carbocycles. The molecule has 0 atom stereocenters. The lowest BCUT2D eigenvalue weighted by atomic mass is 9.88. The average molecular weight is 334 g/mol. The molecule has 0 unspecified atom stereocenters. The molecule has 2 N–H and O–H groups in total. The molecule has 2 saturated heterocycles. The lowest BCUT2D eigenvalue weighted by molar-refractivity contribution is -0.136. The van der Waals surface area contributed by atoms with E-state index in [0.717, 1.165) is 25.7 Å². The third kappa shape index (κ3) is 2.90. The van der Waals surface area contributed by atoms with Crippen molar-refractivity contribution in [1.29, 1.82) is 0 Å². The molecule has 132 valence electrons. The van der Waals surface area contributed by atoms with Gasteiger partial charge in [-0.15, -0.1) is 0 Å². The molecular formula is C17H26N4O3. The summed E-state index contributed by atoms with van der Waals surface area (Å²) in [7, 11) is 0. The third-order valence-electron chi connectivity index (χ3n) is 6.03. The third-order valence-corrected chi connectivity index (χ3v) is 6.03. The molecule has 2 aliphatic heterocycles. The Labute approximate surface area is 142 Å². The van der Waals surface area contributed by atoms with E-state index >= 15 is 0 Å². The topological polar surface area (TPSA) is 81.8 Å². The van der Waals surface area contributed by atoms with Crippen LogP contribution in [0.3, 0.4) is 0 Å². The van der Waals surface area contributed by atoms with E-state index in [1.54, 1.807) is 0 Å². The lowest BCUT2D eigenvalue weighted by Crippen LogP contribution is -2.56. The van der Waals surface area contributed by atoms with Gasteiger partial charge in [-0.05, 0) is 38.5 Å². The molecule has 4 aliphatic rings. The Hall–Kier alpha value is -1.63. The van der Waals surface area contributed by atoms with E-state index in [4.69, 9.17) is 0 Å². The Balaban J connectivity index is 1.34. The molecule has 4 fully saturated rings. The summed E-state index contributed by atoms with van der Waals surface area (Å²) in [5, 5.41) is 5.10. The molecule has 0 radical (unpaired) electrons. The van der Waals surface area contributed by atoms with Crippen molar-refractivity contribution in [1.82, 2.24) is 20.4 Å². The van der Waals surface area contributed by atoms with Crippen molar-refractivity contribution in [2.24, 2.45) is 0 Å². The smallest absolute Gasteiger partial charge is 0.322 e. The van der Waals surface area contributed by atoms with Gasteiger partial charge < -0.3 is 10.2 Å². The summed E-state index contributed by atoms with van der Waals surface area (Å²) in [6.45, 7) is 1.78. The maximum Gasteiger partial charge on any atom is 0.322 e. The number of imide groups is 1. The van der Waals surface area contributed by atoms with Crippen LogP contribution in [0.1, 0.15) is 51.4 Å². The molecule has 0 aromatic heterocycles. The van der Waals surface area contributed by atoms with Crippen LogP contribution in [0.2, 0.25) is 0 Å². The minimum Gasteiger partial charge on any atom is -0.336 e. The number of urea groups is 1. The molecular weight excluding hydrogens is 308 g/mol. The Bertz CT molecular complexity index is 546. The van der Waals surface area contributed by atoms with Gasteiger partial charge >= 0.3 is 6.03 Å². The molecule has 4 amide bonds. The van der Waals surface area contributed by atoms with Crippen LogP contribution >= 0.6 is 0 Å². The Kier molecular flexibility index (Phi) is 3.98. The van der Waals surface area contributed by atoms with Gasteiger partial charge in [0.1, 0.15) is 5.54 Å². The normalized spacial score (nSPS) is 27.3. The van der Waals surface area contributed by atoms with Crippen LogP contribution in [0.4, 0.5) is 4.79 Å². The Morgan fingerprint density at radius 1 is 1.08 bits per heavy atom. The van der Waals surface area contributed by atoms with Crippen LogP contribution in [0.25, 0.3) is 0 Å². The van der Waals surface area contributed by atoms with E-state index < -0.39 is 11.6 Å². The summed E-state index contributed by atoms with van der Waals surface area (Å²) in [5.41, 5.74) is -0.752. The zero-order valence-corrected chi connectivity index (χ0v) is 14.1. The molecule has 1 spiro atoms. The Morgan fingerprint density at radius 2 is 1.71 bits per heavy atom. The fraction of sp³-hybridized carbons (Fsp3) is 0.824. The van der Waals surface area contributed by atoms with Gasteiger partial charge in [0.05, 0.1) is 6.54 Å². The monoisotopic (exact) mass is 334 g/mol. The second-order valence-corrected chi connectivity index (χ2v) is 7.74. The molecule has 4 rings (SSSR count). The lowest BCUT2D eigenvalue weighted by Gasteiger charge is -2.38. The maximum atomic E-state index is 12.8. The van der Waals surface area contributed by atoms with Gasteiger partial charge in [-0.2, -0.15) is 0 Å². The summed E-state index contributed by atoms with van der Waals surface area (Å²) in [4.78, 5) is 40.5. The summed E-state index contributed by atoms with van der Waals surface area (Å²) in [6.07, 6.45) is 8.23. The highest BCUT2D eigenvalue weighted by Gasteiger charge is 2.48. The van der Waals surface area contributed by atoms with Gasteiger partial charge in [0.2, 0.25) is 5.91 Å². The van der Waals surface area contributed by atoms with Gasteiger partial charge in [0, 0.05) is 25.2 Å². The highest BCUT2D eigenvalue weighted by Crippen LogP contribution is 2.35. The van der Waals surface area contributed by atoms with Crippen LogP contribution in [0.5, 0.6) is 0 Å². The van der Waals surface area contributed by atoms with Gasteiger partial charge in [-0.25, -0.2) is 4.79 Å². The van der Waals surface area contributed by atoms with Crippen LogP contribution < -0.4 is 10.6 Å². The second-order valence-electron chi connectivity index (χ2n) is 7.74. The number of hydrogen-bond donors (Lipinski definition) is 2. The van der Waals surface area contributed by atoms with Crippen molar-refractivity contribution in [3.05, 3.63) is 0 Å². The first-order valence-corrected chi connectivity index (χ1v) is 9.24. The predicted molar refractivity (Wildman–Crippen MR) is 87.2 cm³/mol. The average Bonchev–Trinajstić information content (AvgIpc) is 3.14. The number of hydrogen-bond acceptors (Lipinski definition) is 4. The first kappa shape index (κ1) is 15.9. The van der Waals surface area contributed by atoms with Crippen LogP contribution in [-0.4, -0.2) is 64.9 Å². The van der Waals surface area contributed by atoms with Gasteiger partial charge in [0.15, 0.2) is 0 Å². The van der Waals surface area contributed by atoms with Gasteiger partial charge in [-0.1, -0.05) is 12.8 Å². The van der Waals surface area contributed by atoms with E-state index in [-0.39, 0.29) is 11.8 Å². The SMILES string of the molecule is O=C1NC(=O)C2(CCN(CC(=O)N(C3CCCC3)C3CC3)CC2)N1. The molecule has 7 nitrogen and oxygen atoms in total. The van der Waals surface area contributed by atoms with Crippen molar-refractivity contribution in [2.45, 2.75) is 69.0 Å². The van der Waals surface area contributed by atoms with Gasteiger partial charge in [0.25, 0.3) is 5.91 Å². The fourth-order valence-electron chi connectivity index (χ4n) is 4.49. The number of nitrogens with one attached hydrogen (secondary N) is 2. The van der Waals surface area contributed by atoms with Crippen molar-refractivity contribution in [3.8, 4) is 0 Å². The van der Waals surface area contributed by atoms with Crippen LogP contribution in [0.15, 0.2) is 0 Å². The standard InChI is InChI=1S/C17H26N4O3/c22-14(21(13-5-6-13)12-3-1-2-4-12)11-20-9-7-17(8-10-20)15(23)18-16(24)19-17/h12-13H,1-11H2,(H2,18,19,23,24). The Morgan fingerprint density at radius 3 is 2.25 bits per heavy atom. The minimum absolute atomic E-state index is 0.218. The number of carbonyl (C=O) groups excluding carboxylic acids is 3. The number of rotatable bonds is 4. The molecule has 2 aliphatic carbocycles. The highest BCUT2D eigenvalue weighted by molar-refractivity contribution is 6.07. The first-order valence-electron chi connectivity index (χ1n) is 9.24. The summed E-state index contributed by atoms with van der Waals surface area (Å²) >= 11 is 0. The fourth-order valence-corrected chi connectivity index (χ4v) is 4.49. The van der Waals surface area contributed by atoms with E-state index in [1.165, 1.54) is 12.8 Å². The molecule has 24 heavy (non-hydrogen) atoms. The molecule has 0 bridgehead atoms. The highest BCUT2D eigenvalue weighted by atomic mass is 16.2. The largest absolute Gasteiger partial charge is 0.336 e. The number of amides is 4. The number of piperidine rings is 1. The van der Waals surface area contributed by atoms with Crippen LogP contribution in [0, 0.1) is 0 Å². The molecule has 0 aromatic rings. The van der Waals surface area contributed by atoms with Crippen molar-refractivity contribution >= 4 is 17.8 Å². The van der Waals surface area contributed by atoms with Crippen molar-refractivity contribution in [3.63, 3.8) is 0 Å². The maximum absolute atomic E-state index is 12.8. The van der Waals surface area contributed by atoms with E-state index in [0.29, 0.717) is 44.6 Å². The van der Waals surface area contributed by atoms with Crippen LogP contribution in [-0.2, 0) is 9.59 Å². The zero-order valence-electron chi connectivity index (χ0n) is 14.1. The summed E-state index contributed by atoms with van der Waals surface area (Å²) < 4.78 is 0. The first-order chi connectivity index (χ1) is 11.6. The zero-order chi connectivity index (χ0) is 16.7.